The molecule has 2 nitrogen and oxygen atoms in total. The van der Waals surface area contributed by atoms with Crippen LogP contribution >= 0.6 is 11.8 Å². The van der Waals surface area contributed by atoms with Crippen molar-refractivity contribution in [2.75, 3.05) is 18.1 Å². The number of thioether (sulfide) groups is 1. The number of rotatable bonds is 7. The summed E-state index contributed by atoms with van der Waals surface area (Å²) in [5, 5.41) is 3.66. The third-order valence-corrected chi connectivity index (χ3v) is 5.25. The van der Waals surface area contributed by atoms with Crippen LogP contribution in [0, 0.1) is 5.92 Å². The number of nitrogens with zero attached hydrogens (tertiary/aromatic N) is 1. The molecule has 1 aliphatic rings. The summed E-state index contributed by atoms with van der Waals surface area (Å²) in [6, 6.07) is 5.02. The minimum atomic E-state index is 0.591. The summed E-state index contributed by atoms with van der Waals surface area (Å²) >= 11 is 2.11. The molecule has 0 radical (unpaired) electrons. The van der Waals surface area contributed by atoms with E-state index in [0.717, 1.165) is 25.3 Å². The lowest BCUT2D eigenvalue weighted by Crippen LogP contribution is -2.34. The summed E-state index contributed by atoms with van der Waals surface area (Å²) in [6.45, 7) is 5.44. The van der Waals surface area contributed by atoms with Gasteiger partial charge in [0, 0.05) is 24.4 Å². The van der Waals surface area contributed by atoms with Crippen LogP contribution in [0.5, 0.6) is 0 Å². The number of hydrogen-bond donors (Lipinski definition) is 1. The molecule has 1 N–H and O–H groups in total. The SMILES string of the molecule is CCNC(Cc1ccc(CC)cn1)CC1CCSCC1. The van der Waals surface area contributed by atoms with Gasteiger partial charge in [-0.25, -0.2) is 0 Å². The second-order valence-corrected chi connectivity index (χ2v) is 6.99. The maximum Gasteiger partial charge on any atom is 0.0419 e. The number of hydrogen-bond acceptors (Lipinski definition) is 3. The second kappa shape index (κ2) is 8.68. The first kappa shape index (κ1) is 15.8. The monoisotopic (exact) mass is 292 g/mol. The van der Waals surface area contributed by atoms with Gasteiger partial charge in [-0.1, -0.05) is 19.9 Å². The molecule has 0 spiro atoms. The number of likely N-dealkylation sites (N-methyl/N-ethyl adjacent to an activating group) is 1. The van der Waals surface area contributed by atoms with Gasteiger partial charge in [-0.05, 0) is 61.3 Å². The fourth-order valence-corrected chi connectivity index (χ4v) is 4.15. The molecule has 20 heavy (non-hydrogen) atoms. The first-order valence-corrected chi connectivity index (χ1v) is 9.22. The molecule has 2 rings (SSSR count). The largest absolute Gasteiger partial charge is 0.314 e. The van der Waals surface area contributed by atoms with E-state index < -0.39 is 0 Å². The Kier molecular flexibility index (Phi) is 6.88. The molecule has 1 atom stereocenters. The Morgan fingerprint density at radius 3 is 2.70 bits per heavy atom. The first-order valence-electron chi connectivity index (χ1n) is 8.06. The second-order valence-electron chi connectivity index (χ2n) is 5.76. The normalized spacial score (nSPS) is 18.1. The van der Waals surface area contributed by atoms with Crippen molar-refractivity contribution in [3.05, 3.63) is 29.6 Å². The quantitative estimate of drug-likeness (QED) is 0.829. The van der Waals surface area contributed by atoms with Crippen molar-refractivity contribution in [1.29, 1.82) is 0 Å². The molecule has 0 bridgehead atoms. The van der Waals surface area contributed by atoms with Crippen LogP contribution in [0.3, 0.4) is 0 Å². The molecule has 3 heteroatoms. The van der Waals surface area contributed by atoms with Crippen LogP contribution in [-0.2, 0) is 12.8 Å². The molecule has 1 unspecified atom stereocenters. The summed E-state index contributed by atoms with van der Waals surface area (Å²) < 4.78 is 0. The Bertz CT molecular complexity index is 371. The molecule has 0 saturated carbocycles. The van der Waals surface area contributed by atoms with Crippen LogP contribution in [0.1, 0.15) is 44.4 Å². The highest BCUT2D eigenvalue weighted by molar-refractivity contribution is 7.99. The molecule has 0 amide bonds. The van der Waals surface area contributed by atoms with E-state index in [1.54, 1.807) is 0 Å². The summed E-state index contributed by atoms with van der Waals surface area (Å²) in [7, 11) is 0. The van der Waals surface area contributed by atoms with Crippen molar-refractivity contribution >= 4 is 11.8 Å². The van der Waals surface area contributed by atoms with Crippen molar-refractivity contribution in [3.8, 4) is 0 Å². The van der Waals surface area contributed by atoms with Crippen molar-refractivity contribution in [3.63, 3.8) is 0 Å². The van der Waals surface area contributed by atoms with Crippen molar-refractivity contribution in [1.82, 2.24) is 10.3 Å². The fraction of sp³-hybridized carbons (Fsp3) is 0.706. The van der Waals surface area contributed by atoms with E-state index >= 15 is 0 Å². The van der Waals surface area contributed by atoms with Gasteiger partial charge in [0.25, 0.3) is 0 Å². The van der Waals surface area contributed by atoms with Crippen LogP contribution in [0.4, 0.5) is 0 Å². The average molecular weight is 292 g/mol. The zero-order chi connectivity index (χ0) is 14.2. The van der Waals surface area contributed by atoms with Crippen LogP contribution in [0.2, 0.25) is 0 Å². The predicted molar refractivity (Wildman–Crippen MR) is 89.4 cm³/mol. The molecule has 0 aliphatic carbocycles. The highest BCUT2D eigenvalue weighted by Crippen LogP contribution is 2.27. The molecule has 1 aromatic rings. The highest BCUT2D eigenvalue weighted by atomic mass is 32.2. The molecule has 1 fully saturated rings. The molecule has 1 aliphatic heterocycles. The van der Waals surface area contributed by atoms with E-state index in [1.165, 1.54) is 42.0 Å². The minimum absolute atomic E-state index is 0.591. The zero-order valence-corrected chi connectivity index (χ0v) is 13.7. The van der Waals surface area contributed by atoms with E-state index in [2.05, 4.69) is 48.0 Å². The Labute approximate surface area is 128 Å². The van der Waals surface area contributed by atoms with E-state index in [9.17, 15) is 0 Å². The Balaban J connectivity index is 1.89. The van der Waals surface area contributed by atoms with E-state index in [4.69, 9.17) is 0 Å². The Morgan fingerprint density at radius 1 is 1.30 bits per heavy atom. The van der Waals surface area contributed by atoms with E-state index in [1.807, 2.05) is 6.20 Å². The van der Waals surface area contributed by atoms with Crippen molar-refractivity contribution in [2.24, 2.45) is 5.92 Å². The lowest BCUT2D eigenvalue weighted by atomic mass is 9.92. The average Bonchev–Trinajstić information content (AvgIpc) is 2.49. The van der Waals surface area contributed by atoms with Gasteiger partial charge in [0.1, 0.15) is 0 Å². The van der Waals surface area contributed by atoms with Crippen LogP contribution < -0.4 is 5.32 Å². The van der Waals surface area contributed by atoms with Gasteiger partial charge in [0.05, 0.1) is 0 Å². The molecule has 2 heterocycles. The molecule has 1 aromatic heterocycles. The third-order valence-electron chi connectivity index (χ3n) is 4.20. The van der Waals surface area contributed by atoms with Crippen LogP contribution in [-0.4, -0.2) is 29.1 Å². The highest BCUT2D eigenvalue weighted by Gasteiger charge is 2.19. The number of aromatic nitrogens is 1. The maximum absolute atomic E-state index is 4.62. The molecular weight excluding hydrogens is 264 g/mol. The van der Waals surface area contributed by atoms with Gasteiger partial charge in [0.15, 0.2) is 0 Å². The minimum Gasteiger partial charge on any atom is -0.314 e. The predicted octanol–water partition coefficient (Wildman–Crippen LogP) is 3.70. The summed E-state index contributed by atoms with van der Waals surface area (Å²) in [5.41, 5.74) is 2.57. The number of pyridine rings is 1. The molecule has 0 aromatic carbocycles. The van der Waals surface area contributed by atoms with E-state index in [-0.39, 0.29) is 0 Å². The van der Waals surface area contributed by atoms with Crippen molar-refractivity contribution < 1.29 is 0 Å². The standard InChI is InChI=1S/C17H28N2S/c1-3-14-5-6-16(19-13-14)12-17(18-4-2)11-15-7-9-20-10-8-15/h5-6,13,15,17-18H,3-4,7-12H2,1-2H3. The zero-order valence-electron chi connectivity index (χ0n) is 12.9. The lowest BCUT2D eigenvalue weighted by molar-refractivity contribution is 0.365. The third kappa shape index (κ3) is 5.10. The summed E-state index contributed by atoms with van der Waals surface area (Å²) in [6.07, 6.45) is 8.29. The topological polar surface area (TPSA) is 24.9 Å². The van der Waals surface area contributed by atoms with E-state index in [0.29, 0.717) is 6.04 Å². The fourth-order valence-electron chi connectivity index (χ4n) is 2.95. The summed E-state index contributed by atoms with van der Waals surface area (Å²) in [4.78, 5) is 4.62. The molecular formula is C17H28N2S. The Hall–Kier alpha value is -0.540. The Morgan fingerprint density at radius 2 is 2.10 bits per heavy atom. The van der Waals surface area contributed by atoms with Gasteiger partial charge in [-0.15, -0.1) is 0 Å². The lowest BCUT2D eigenvalue weighted by Gasteiger charge is -2.26. The molecule has 1 saturated heterocycles. The van der Waals surface area contributed by atoms with Crippen LogP contribution in [0.25, 0.3) is 0 Å². The van der Waals surface area contributed by atoms with Gasteiger partial charge in [0.2, 0.25) is 0 Å². The maximum atomic E-state index is 4.62. The first-order chi connectivity index (χ1) is 9.81. The number of nitrogens with one attached hydrogen (secondary N) is 1. The van der Waals surface area contributed by atoms with Crippen LogP contribution in [0.15, 0.2) is 18.3 Å². The molecule has 112 valence electrons. The smallest absolute Gasteiger partial charge is 0.0419 e. The van der Waals surface area contributed by atoms with Gasteiger partial charge >= 0.3 is 0 Å². The van der Waals surface area contributed by atoms with Gasteiger partial charge in [-0.3, -0.25) is 4.98 Å². The van der Waals surface area contributed by atoms with Gasteiger partial charge in [-0.2, -0.15) is 11.8 Å². The van der Waals surface area contributed by atoms with Crippen molar-refractivity contribution in [2.45, 2.75) is 52.0 Å². The number of aryl methyl sites for hydroxylation is 1. The van der Waals surface area contributed by atoms with Gasteiger partial charge < -0.3 is 5.32 Å². The summed E-state index contributed by atoms with van der Waals surface area (Å²) in [5.74, 6) is 3.62.